The maximum atomic E-state index is 12.5. The van der Waals surface area contributed by atoms with E-state index in [9.17, 15) is 4.79 Å². The number of methoxy groups -OCH3 is 3. The van der Waals surface area contributed by atoms with Gasteiger partial charge in [-0.2, -0.15) is 0 Å². The number of carbonyl (C=O) groups excluding carboxylic acids is 1. The molecule has 0 unspecified atom stereocenters. The van der Waals surface area contributed by atoms with E-state index in [4.69, 9.17) is 18.9 Å². The van der Waals surface area contributed by atoms with Crippen LogP contribution in [0, 0.1) is 5.92 Å². The van der Waals surface area contributed by atoms with E-state index < -0.39 is 0 Å². The van der Waals surface area contributed by atoms with Gasteiger partial charge in [0.2, 0.25) is 11.7 Å². The van der Waals surface area contributed by atoms with E-state index >= 15 is 0 Å². The van der Waals surface area contributed by atoms with Gasteiger partial charge >= 0.3 is 0 Å². The average molecular weight is 422 g/mol. The highest BCUT2D eigenvalue weighted by molar-refractivity contribution is 5.78. The molecule has 2 saturated heterocycles. The molecule has 0 atom stereocenters. The van der Waals surface area contributed by atoms with Crippen LogP contribution < -0.4 is 19.5 Å². The van der Waals surface area contributed by atoms with E-state index in [1.165, 1.54) is 0 Å². The van der Waals surface area contributed by atoms with E-state index in [2.05, 4.69) is 15.1 Å². The number of piperidine rings is 1. The molecule has 2 fully saturated rings. The summed E-state index contributed by atoms with van der Waals surface area (Å²) in [6.07, 6.45) is 1.75. The van der Waals surface area contributed by atoms with Crippen molar-refractivity contribution in [2.24, 2.45) is 5.92 Å². The number of nitrogens with zero attached hydrogens (tertiary/aromatic N) is 2. The van der Waals surface area contributed by atoms with Crippen molar-refractivity contribution in [3.05, 3.63) is 17.7 Å². The van der Waals surface area contributed by atoms with Gasteiger partial charge in [0.15, 0.2) is 11.5 Å². The molecule has 168 valence electrons. The Balaban J connectivity index is 1.45. The molecule has 8 heteroatoms. The van der Waals surface area contributed by atoms with Gasteiger partial charge in [0.25, 0.3) is 0 Å². The van der Waals surface area contributed by atoms with E-state index in [-0.39, 0.29) is 11.8 Å². The minimum absolute atomic E-state index is 0.0956. The van der Waals surface area contributed by atoms with E-state index in [1.807, 2.05) is 12.1 Å². The Hall–Kier alpha value is -2.03. The number of hydrogen-bond acceptors (Lipinski definition) is 7. The Bertz CT molecular complexity index is 686. The standard InChI is InChI=1S/C22H35N3O5/c1-27-19-5-4-18(20(28-2)21(19)29-3)16-25-9-6-17(7-10-25)22(26)23-8-11-24-12-14-30-15-13-24/h4-5,17H,6-16H2,1-3H3,(H,23,26). The van der Waals surface area contributed by atoms with Crippen LogP contribution >= 0.6 is 0 Å². The van der Waals surface area contributed by atoms with Gasteiger partial charge < -0.3 is 24.3 Å². The van der Waals surface area contributed by atoms with Crippen molar-refractivity contribution < 1.29 is 23.7 Å². The fourth-order valence-corrected chi connectivity index (χ4v) is 4.19. The second-order valence-electron chi connectivity index (χ2n) is 7.79. The fraction of sp³-hybridized carbons (Fsp3) is 0.682. The van der Waals surface area contributed by atoms with Crippen molar-refractivity contribution in [3.63, 3.8) is 0 Å². The summed E-state index contributed by atoms with van der Waals surface area (Å²) in [5.74, 6) is 2.27. The van der Waals surface area contributed by atoms with Gasteiger partial charge in [-0.05, 0) is 32.0 Å². The quantitative estimate of drug-likeness (QED) is 0.646. The van der Waals surface area contributed by atoms with Crippen LogP contribution in [0.1, 0.15) is 18.4 Å². The minimum Gasteiger partial charge on any atom is -0.493 e. The van der Waals surface area contributed by atoms with E-state index in [0.717, 1.165) is 70.9 Å². The van der Waals surface area contributed by atoms with Gasteiger partial charge in [-0.15, -0.1) is 0 Å². The highest BCUT2D eigenvalue weighted by Crippen LogP contribution is 2.40. The van der Waals surface area contributed by atoms with Gasteiger partial charge in [-0.25, -0.2) is 0 Å². The second-order valence-corrected chi connectivity index (χ2v) is 7.79. The second kappa shape index (κ2) is 11.4. The highest BCUT2D eigenvalue weighted by atomic mass is 16.5. The highest BCUT2D eigenvalue weighted by Gasteiger charge is 2.26. The number of amides is 1. The van der Waals surface area contributed by atoms with Crippen molar-refractivity contribution in [2.45, 2.75) is 19.4 Å². The Morgan fingerprint density at radius 2 is 1.70 bits per heavy atom. The topological polar surface area (TPSA) is 72.5 Å². The zero-order valence-electron chi connectivity index (χ0n) is 18.4. The van der Waals surface area contributed by atoms with Gasteiger partial charge in [0.05, 0.1) is 34.5 Å². The number of hydrogen-bond donors (Lipinski definition) is 1. The number of benzene rings is 1. The fourth-order valence-electron chi connectivity index (χ4n) is 4.19. The normalized spacial score (nSPS) is 18.8. The van der Waals surface area contributed by atoms with Crippen molar-refractivity contribution >= 4 is 5.91 Å². The first-order valence-electron chi connectivity index (χ1n) is 10.7. The first kappa shape index (κ1) is 22.7. The minimum atomic E-state index is 0.0956. The maximum absolute atomic E-state index is 12.5. The molecular weight excluding hydrogens is 386 g/mol. The molecule has 1 N–H and O–H groups in total. The predicted octanol–water partition coefficient (Wildman–Crippen LogP) is 1.37. The molecule has 1 amide bonds. The average Bonchev–Trinajstić information content (AvgIpc) is 2.79. The smallest absolute Gasteiger partial charge is 0.223 e. The monoisotopic (exact) mass is 421 g/mol. The third-order valence-corrected chi connectivity index (χ3v) is 5.97. The molecule has 8 nitrogen and oxygen atoms in total. The summed E-state index contributed by atoms with van der Waals surface area (Å²) in [6.45, 7) is 7.62. The molecule has 0 aliphatic carbocycles. The van der Waals surface area contributed by atoms with Crippen molar-refractivity contribution in [3.8, 4) is 17.2 Å². The summed E-state index contributed by atoms with van der Waals surface area (Å²) in [5, 5.41) is 3.12. The van der Waals surface area contributed by atoms with Gasteiger partial charge in [-0.1, -0.05) is 6.07 Å². The van der Waals surface area contributed by atoms with Crippen LogP contribution in [0.4, 0.5) is 0 Å². The lowest BCUT2D eigenvalue weighted by Gasteiger charge is -2.32. The van der Waals surface area contributed by atoms with Gasteiger partial charge in [0, 0.05) is 44.2 Å². The number of morpholine rings is 1. The maximum Gasteiger partial charge on any atom is 0.223 e. The lowest BCUT2D eigenvalue weighted by molar-refractivity contribution is -0.126. The third-order valence-electron chi connectivity index (χ3n) is 5.97. The zero-order chi connectivity index (χ0) is 21.3. The molecule has 0 spiro atoms. The summed E-state index contributed by atoms with van der Waals surface area (Å²) < 4.78 is 21.8. The van der Waals surface area contributed by atoms with Gasteiger partial charge in [0.1, 0.15) is 0 Å². The number of carbonyl (C=O) groups is 1. The van der Waals surface area contributed by atoms with Crippen LogP contribution in [0.15, 0.2) is 12.1 Å². The first-order chi connectivity index (χ1) is 14.7. The van der Waals surface area contributed by atoms with Gasteiger partial charge in [-0.3, -0.25) is 14.6 Å². The molecule has 2 aliphatic heterocycles. The summed E-state index contributed by atoms with van der Waals surface area (Å²) in [7, 11) is 4.88. The molecule has 0 radical (unpaired) electrons. The molecule has 1 aromatic carbocycles. The zero-order valence-corrected chi connectivity index (χ0v) is 18.4. The Labute approximate surface area is 179 Å². The molecule has 0 bridgehead atoms. The number of likely N-dealkylation sites (tertiary alicyclic amines) is 1. The molecular formula is C22H35N3O5. The lowest BCUT2D eigenvalue weighted by Crippen LogP contribution is -2.44. The van der Waals surface area contributed by atoms with Crippen LogP contribution in [-0.2, 0) is 16.1 Å². The van der Waals surface area contributed by atoms with Crippen LogP contribution in [0.5, 0.6) is 17.2 Å². The van der Waals surface area contributed by atoms with Crippen LogP contribution in [-0.4, -0.2) is 89.5 Å². The Kier molecular flexibility index (Phi) is 8.60. The van der Waals surface area contributed by atoms with E-state index in [0.29, 0.717) is 23.8 Å². The van der Waals surface area contributed by atoms with Crippen LogP contribution in [0.3, 0.4) is 0 Å². The molecule has 1 aromatic rings. The third kappa shape index (κ3) is 5.77. The lowest BCUT2D eigenvalue weighted by atomic mass is 9.95. The Morgan fingerprint density at radius 3 is 2.33 bits per heavy atom. The summed E-state index contributed by atoms with van der Waals surface area (Å²) >= 11 is 0. The largest absolute Gasteiger partial charge is 0.493 e. The molecule has 30 heavy (non-hydrogen) atoms. The number of nitrogens with one attached hydrogen (secondary N) is 1. The molecule has 2 heterocycles. The molecule has 0 aromatic heterocycles. The summed E-state index contributed by atoms with van der Waals surface area (Å²) in [4.78, 5) is 17.2. The van der Waals surface area contributed by atoms with E-state index in [1.54, 1.807) is 21.3 Å². The van der Waals surface area contributed by atoms with Crippen molar-refractivity contribution in [1.82, 2.24) is 15.1 Å². The van der Waals surface area contributed by atoms with Crippen molar-refractivity contribution in [2.75, 3.05) is 73.8 Å². The SMILES string of the molecule is COc1ccc(CN2CCC(C(=O)NCCN3CCOCC3)CC2)c(OC)c1OC. The number of ether oxygens (including phenoxy) is 4. The number of rotatable bonds is 9. The Morgan fingerprint density at radius 1 is 1.00 bits per heavy atom. The molecule has 2 aliphatic rings. The first-order valence-corrected chi connectivity index (χ1v) is 10.7. The molecule has 3 rings (SSSR count). The van der Waals surface area contributed by atoms with Crippen LogP contribution in [0.25, 0.3) is 0 Å². The summed E-state index contributed by atoms with van der Waals surface area (Å²) in [5.41, 5.74) is 1.06. The van der Waals surface area contributed by atoms with Crippen LogP contribution in [0.2, 0.25) is 0 Å². The predicted molar refractivity (Wildman–Crippen MR) is 114 cm³/mol. The van der Waals surface area contributed by atoms with Crippen molar-refractivity contribution in [1.29, 1.82) is 0 Å². The molecule has 0 saturated carbocycles. The summed E-state index contributed by atoms with van der Waals surface area (Å²) in [6, 6.07) is 3.93.